The van der Waals surface area contributed by atoms with Gasteiger partial charge in [-0.25, -0.2) is 0 Å². The maximum atomic E-state index is 5.17. The third-order valence-corrected chi connectivity index (χ3v) is 6.56. The molecule has 0 aromatic carbocycles. The van der Waals surface area contributed by atoms with Gasteiger partial charge in [0.1, 0.15) is 0 Å². The Kier molecular flexibility index (Phi) is 6.62. The van der Waals surface area contributed by atoms with Gasteiger partial charge in [0.15, 0.2) is 11.8 Å². The first kappa shape index (κ1) is 18.5. The fourth-order valence-corrected chi connectivity index (χ4v) is 5.38. The summed E-state index contributed by atoms with van der Waals surface area (Å²) in [6, 6.07) is 0. The lowest BCUT2D eigenvalue weighted by Gasteiger charge is -2.45. The van der Waals surface area contributed by atoms with Gasteiger partial charge in [-0.2, -0.15) is 16.7 Å². The highest BCUT2D eigenvalue weighted by atomic mass is 32.2. The van der Waals surface area contributed by atoms with Gasteiger partial charge in [-0.05, 0) is 33.1 Å². The van der Waals surface area contributed by atoms with Crippen LogP contribution in [0.25, 0.3) is 0 Å². The van der Waals surface area contributed by atoms with Crippen molar-refractivity contribution in [2.45, 2.75) is 63.5 Å². The number of nitrogens with one attached hydrogen (secondary N) is 1. The summed E-state index contributed by atoms with van der Waals surface area (Å²) in [7, 11) is 0. The van der Waals surface area contributed by atoms with Crippen LogP contribution in [0.2, 0.25) is 0 Å². The molecule has 2 aliphatic rings. The van der Waals surface area contributed by atoms with Gasteiger partial charge in [0.2, 0.25) is 5.89 Å². The Morgan fingerprint density at radius 1 is 1.36 bits per heavy atom. The standard InChI is InChI=1S/C18H31N5OS/c1-3-19-17(20-11-7-8-16-21-15(2)22-24-16)23-12-13-25-18(14-23)9-5-4-6-10-18/h3-14H2,1-2H3,(H,19,20). The Balaban J connectivity index is 1.55. The quantitative estimate of drug-likeness (QED) is 0.491. The van der Waals surface area contributed by atoms with E-state index >= 15 is 0 Å². The highest BCUT2D eigenvalue weighted by Crippen LogP contribution is 2.42. The van der Waals surface area contributed by atoms with E-state index in [2.05, 4.69) is 39.0 Å². The van der Waals surface area contributed by atoms with Gasteiger partial charge in [0.25, 0.3) is 0 Å². The SMILES string of the molecule is CCNC(=NCCCc1nc(C)no1)N1CCSC2(CCCCC2)C1. The second kappa shape index (κ2) is 8.92. The summed E-state index contributed by atoms with van der Waals surface area (Å²) in [5.74, 6) is 3.71. The zero-order valence-electron chi connectivity index (χ0n) is 15.6. The molecule has 1 aromatic rings. The first-order chi connectivity index (χ1) is 12.2. The fourth-order valence-electron chi connectivity index (χ4n) is 3.81. The van der Waals surface area contributed by atoms with Crippen molar-refractivity contribution in [1.82, 2.24) is 20.4 Å². The molecule has 2 fully saturated rings. The van der Waals surface area contributed by atoms with E-state index in [1.54, 1.807) is 0 Å². The Bertz CT molecular complexity index is 562. The molecule has 0 radical (unpaired) electrons. The van der Waals surface area contributed by atoms with E-state index in [0.29, 0.717) is 16.5 Å². The van der Waals surface area contributed by atoms with E-state index in [1.807, 2.05) is 6.92 Å². The Hall–Kier alpha value is -1.24. The van der Waals surface area contributed by atoms with Gasteiger partial charge in [-0.15, -0.1) is 0 Å². The molecule has 1 spiro atoms. The Morgan fingerprint density at radius 2 is 2.20 bits per heavy atom. The molecule has 3 rings (SSSR count). The molecule has 1 aliphatic carbocycles. The average Bonchev–Trinajstić information content (AvgIpc) is 3.04. The van der Waals surface area contributed by atoms with Crippen molar-refractivity contribution in [2.75, 3.05) is 31.9 Å². The van der Waals surface area contributed by atoms with Crippen LogP contribution >= 0.6 is 11.8 Å². The van der Waals surface area contributed by atoms with E-state index < -0.39 is 0 Å². The Labute approximate surface area is 155 Å². The highest BCUT2D eigenvalue weighted by molar-refractivity contribution is 8.00. The van der Waals surface area contributed by atoms with Crippen molar-refractivity contribution in [3.63, 3.8) is 0 Å². The molecule has 7 heteroatoms. The molecule has 6 nitrogen and oxygen atoms in total. The number of nitrogens with zero attached hydrogens (tertiary/aromatic N) is 4. The minimum absolute atomic E-state index is 0.466. The van der Waals surface area contributed by atoms with Crippen LogP contribution in [0.5, 0.6) is 0 Å². The second-order valence-electron chi connectivity index (χ2n) is 7.09. The topological polar surface area (TPSA) is 66.5 Å². The molecule has 1 aliphatic heterocycles. The fraction of sp³-hybridized carbons (Fsp3) is 0.833. The summed E-state index contributed by atoms with van der Waals surface area (Å²) in [5.41, 5.74) is 0. The van der Waals surface area contributed by atoms with Gasteiger partial charge in [-0.1, -0.05) is 24.4 Å². The molecule has 1 aromatic heterocycles. The summed E-state index contributed by atoms with van der Waals surface area (Å²) in [4.78, 5) is 11.6. The summed E-state index contributed by atoms with van der Waals surface area (Å²) in [6.45, 7) is 7.95. The number of rotatable bonds is 5. The third kappa shape index (κ3) is 5.12. The van der Waals surface area contributed by atoms with Crippen LogP contribution < -0.4 is 5.32 Å². The van der Waals surface area contributed by atoms with Crippen LogP contribution in [-0.4, -0.2) is 57.7 Å². The van der Waals surface area contributed by atoms with Gasteiger partial charge >= 0.3 is 0 Å². The predicted molar refractivity (Wildman–Crippen MR) is 103 cm³/mol. The largest absolute Gasteiger partial charge is 0.357 e. The zero-order valence-corrected chi connectivity index (χ0v) is 16.4. The van der Waals surface area contributed by atoms with Crippen molar-refractivity contribution in [1.29, 1.82) is 0 Å². The van der Waals surface area contributed by atoms with Gasteiger partial charge < -0.3 is 14.7 Å². The minimum Gasteiger partial charge on any atom is -0.357 e. The molecule has 1 saturated carbocycles. The van der Waals surface area contributed by atoms with Crippen LogP contribution in [-0.2, 0) is 6.42 Å². The zero-order chi connectivity index (χ0) is 17.5. The number of hydrogen-bond acceptors (Lipinski definition) is 5. The van der Waals surface area contributed by atoms with Gasteiger partial charge in [0.05, 0.1) is 0 Å². The lowest BCUT2D eigenvalue weighted by atomic mass is 9.87. The van der Waals surface area contributed by atoms with Crippen LogP contribution in [0.3, 0.4) is 0 Å². The number of guanidine groups is 1. The number of aliphatic imine (C=N–C) groups is 1. The van der Waals surface area contributed by atoms with E-state index in [-0.39, 0.29) is 0 Å². The lowest BCUT2D eigenvalue weighted by molar-refractivity contribution is 0.293. The first-order valence-electron chi connectivity index (χ1n) is 9.67. The lowest BCUT2D eigenvalue weighted by Crippen LogP contribution is -2.53. The maximum Gasteiger partial charge on any atom is 0.226 e. The molecular weight excluding hydrogens is 334 g/mol. The molecular formula is C18H31N5OS. The monoisotopic (exact) mass is 365 g/mol. The number of aryl methyl sites for hydroxylation is 2. The molecule has 1 N–H and O–H groups in total. The average molecular weight is 366 g/mol. The summed E-state index contributed by atoms with van der Waals surface area (Å²) < 4.78 is 5.64. The summed E-state index contributed by atoms with van der Waals surface area (Å²) in [5, 5.41) is 7.33. The number of hydrogen-bond donors (Lipinski definition) is 1. The number of aromatic nitrogens is 2. The van der Waals surface area contributed by atoms with Crippen LogP contribution in [0.4, 0.5) is 0 Å². The molecule has 2 heterocycles. The molecule has 25 heavy (non-hydrogen) atoms. The van der Waals surface area contributed by atoms with Crippen molar-refractivity contribution < 1.29 is 4.52 Å². The normalized spacial score (nSPS) is 20.9. The van der Waals surface area contributed by atoms with E-state index in [0.717, 1.165) is 45.0 Å². The molecule has 140 valence electrons. The molecule has 0 amide bonds. The van der Waals surface area contributed by atoms with Crippen LogP contribution in [0.15, 0.2) is 9.52 Å². The van der Waals surface area contributed by atoms with Crippen molar-refractivity contribution in [3.8, 4) is 0 Å². The van der Waals surface area contributed by atoms with Crippen LogP contribution in [0.1, 0.15) is 57.2 Å². The third-order valence-electron chi connectivity index (χ3n) is 5.03. The second-order valence-corrected chi connectivity index (χ2v) is 8.65. The summed E-state index contributed by atoms with van der Waals surface area (Å²) >= 11 is 2.20. The van der Waals surface area contributed by atoms with Crippen molar-refractivity contribution in [2.24, 2.45) is 4.99 Å². The predicted octanol–water partition coefficient (Wildman–Crippen LogP) is 3.03. The van der Waals surface area contributed by atoms with Gasteiger partial charge in [-0.3, -0.25) is 4.99 Å². The molecule has 0 atom stereocenters. The molecule has 0 unspecified atom stereocenters. The molecule has 0 bridgehead atoms. The Morgan fingerprint density at radius 3 is 2.92 bits per heavy atom. The van der Waals surface area contributed by atoms with E-state index in [9.17, 15) is 0 Å². The van der Waals surface area contributed by atoms with Crippen LogP contribution in [0, 0.1) is 6.92 Å². The maximum absolute atomic E-state index is 5.17. The van der Waals surface area contributed by atoms with Gasteiger partial charge in [0, 0.05) is 43.1 Å². The smallest absolute Gasteiger partial charge is 0.226 e. The van der Waals surface area contributed by atoms with E-state index in [4.69, 9.17) is 9.52 Å². The molecule has 1 saturated heterocycles. The summed E-state index contributed by atoms with van der Waals surface area (Å²) in [6.07, 6.45) is 8.64. The van der Waals surface area contributed by atoms with E-state index in [1.165, 1.54) is 37.9 Å². The number of thioether (sulfide) groups is 1. The minimum atomic E-state index is 0.466. The van der Waals surface area contributed by atoms with Crippen molar-refractivity contribution >= 4 is 17.7 Å². The highest BCUT2D eigenvalue weighted by Gasteiger charge is 2.38. The van der Waals surface area contributed by atoms with Crippen molar-refractivity contribution in [3.05, 3.63) is 11.7 Å². The first-order valence-corrected chi connectivity index (χ1v) is 10.7.